The predicted octanol–water partition coefficient (Wildman–Crippen LogP) is 1.98. The number of rotatable bonds is 1. The average Bonchev–Trinajstić information content (AvgIpc) is 2.06. The van der Waals surface area contributed by atoms with Gasteiger partial charge in [-0.2, -0.15) is 0 Å². The minimum atomic E-state index is 0.906. The SMILES string of the molecule is CC(C)C1CN2CCC1CC2. The van der Waals surface area contributed by atoms with E-state index in [4.69, 9.17) is 0 Å². The Morgan fingerprint density at radius 1 is 1.18 bits per heavy atom. The summed E-state index contributed by atoms with van der Waals surface area (Å²) in [7, 11) is 0. The lowest BCUT2D eigenvalue weighted by Gasteiger charge is -2.46. The number of piperidine rings is 3. The lowest BCUT2D eigenvalue weighted by atomic mass is 9.74. The summed E-state index contributed by atoms with van der Waals surface area (Å²) >= 11 is 0. The molecule has 3 heterocycles. The van der Waals surface area contributed by atoms with Crippen molar-refractivity contribution in [1.82, 2.24) is 4.90 Å². The minimum Gasteiger partial charge on any atom is -0.303 e. The summed E-state index contributed by atoms with van der Waals surface area (Å²) < 4.78 is 0. The highest BCUT2D eigenvalue weighted by molar-refractivity contribution is 4.87. The highest BCUT2D eigenvalue weighted by Gasteiger charge is 2.35. The zero-order valence-electron chi connectivity index (χ0n) is 7.71. The number of hydrogen-bond acceptors (Lipinski definition) is 1. The van der Waals surface area contributed by atoms with Crippen molar-refractivity contribution in [3.63, 3.8) is 0 Å². The Kier molecular flexibility index (Phi) is 1.92. The molecule has 64 valence electrons. The fourth-order valence-electron chi connectivity index (χ4n) is 2.77. The molecule has 1 heteroatoms. The molecular weight excluding hydrogens is 134 g/mol. The molecule has 0 saturated carbocycles. The average molecular weight is 153 g/mol. The Bertz CT molecular complexity index is 134. The summed E-state index contributed by atoms with van der Waals surface area (Å²) in [5.41, 5.74) is 0. The monoisotopic (exact) mass is 153 g/mol. The molecule has 3 aliphatic heterocycles. The molecule has 3 rings (SSSR count). The third-order valence-corrected chi connectivity index (χ3v) is 3.56. The molecule has 1 atom stereocenters. The zero-order chi connectivity index (χ0) is 7.84. The molecule has 0 spiro atoms. The molecule has 0 aromatic carbocycles. The van der Waals surface area contributed by atoms with Crippen LogP contribution in [-0.2, 0) is 0 Å². The van der Waals surface area contributed by atoms with Crippen molar-refractivity contribution in [3.8, 4) is 0 Å². The van der Waals surface area contributed by atoms with Gasteiger partial charge in [0, 0.05) is 6.54 Å². The van der Waals surface area contributed by atoms with Crippen LogP contribution in [0.5, 0.6) is 0 Å². The van der Waals surface area contributed by atoms with E-state index < -0.39 is 0 Å². The number of hydrogen-bond donors (Lipinski definition) is 0. The van der Waals surface area contributed by atoms with Crippen molar-refractivity contribution < 1.29 is 0 Å². The van der Waals surface area contributed by atoms with Gasteiger partial charge in [0.15, 0.2) is 0 Å². The van der Waals surface area contributed by atoms with Crippen LogP contribution in [0.1, 0.15) is 26.7 Å². The van der Waals surface area contributed by atoms with Crippen LogP contribution in [0.25, 0.3) is 0 Å². The van der Waals surface area contributed by atoms with Gasteiger partial charge >= 0.3 is 0 Å². The van der Waals surface area contributed by atoms with Crippen molar-refractivity contribution in [2.24, 2.45) is 17.8 Å². The Balaban J connectivity index is 2.03. The Morgan fingerprint density at radius 2 is 1.82 bits per heavy atom. The van der Waals surface area contributed by atoms with Crippen LogP contribution >= 0.6 is 0 Å². The first-order chi connectivity index (χ1) is 5.27. The molecule has 2 bridgehead atoms. The normalized spacial score (nSPS) is 43.4. The highest BCUT2D eigenvalue weighted by Crippen LogP contribution is 2.36. The van der Waals surface area contributed by atoms with E-state index in [0.29, 0.717) is 0 Å². The molecule has 3 aliphatic rings. The molecule has 0 aliphatic carbocycles. The van der Waals surface area contributed by atoms with Gasteiger partial charge < -0.3 is 4.90 Å². The van der Waals surface area contributed by atoms with E-state index in [1.165, 1.54) is 32.5 Å². The summed E-state index contributed by atoms with van der Waals surface area (Å²) in [4.78, 5) is 2.64. The smallest absolute Gasteiger partial charge is 0.00148 e. The lowest BCUT2D eigenvalue weighted by Crippen LogP contribution is -2.48. The summed E-state index contributed by atoms with van der Waals surface area (Å²) in [6, 6.07) is 0. The third-order valence-electron chi connectivity index (χ3n) is 3.56. The maximum Gasteiger partial charge on any atom is 0.00148 e. The predicted molar refractivity (Wildman–Crippen MR) is 47.5 cm³/mol. The Morgan fingerprint density at radius 3 is 2.09 bits per heavy atom. The van der Waals surface area contributed by atoms with E-state index in [9.17, 15) is 0 Å². The maximum absolute atomic E-state index is 2.64. The van der Waals surface area contributed by atoms with Gasteiger partial charge in [0.05, 0.1) is 0 Å². The second kappa shape index (κ2) is 2.78. The fourth-order valence-corrected chi connectivity index (χ4v) is 2.77. The third kappa shape index (κ3) is 1.31. The van der Waals surface area contributed by atoms with Gasteiger partial charge in [-0.05, 0) is 43.7 Å². The quantitative estimate of drug-likeness (QED) is 0.557. The van der Waals surface area contributed by atoms with Gasteiger partial charge in [0.1, 0.15) is 0 Å². The largest absolute Gasteiger partial charge is 0.303 e. The summed E-state index contributed by atoms with van der Waals surface area (Å²) in [6.45, 7) is 8.92. The molecule has 1 nitrogen and oxygen atoms in total. The van der Waals surface area contributed by atoms with Crippen molar-refractivity contribution in [2.45, 2.75) is 26.7 Å². The number of nitrogens with zero attached hydrogens (tertiary/aromatic N) is 1. The van der Waals surface area contributed by atoms with Crippen LogP contribution in [0, 0.1) is 17.8 Å². The molecule has 0 aromatic rings. The van der Waals surface area contributed by atoms with Crippen LogP contribution < -0.4 is 0 Å². The zero-order valence-corrected chi connectivity index (χ0v) is 7.71. The fraction of sp³-hybridized carbons (Fsp3) is 1.00. The first-order valence-corrected chi connectivity index (χ1v) is 4.99. The Hall–Kier alpha value is -0.0400. The first kappa shape index (κ1) is 7.60. The van der Waals surface area contributed by atoms with Crippen LogP contribution in [0.15, 0.2) is 0 Å². The molecule has 3 fully saturated rings. The van der Waals surface area contributed by atoms with Crippen LogP contribution in [0.4, 0.5) is 0 Å². The summed E-state index contributed by atoms with van der Waals surface area (Å²) in [6.07, 6.45) is 2.95. The summed E-state index contributed by atoms with van der Waals surface area (Å²) in [5, 5.41) is 0. The van der Waals surface area contributed by atoms with E-state index in [1.807, 2.05) is 0 Å². The van der Waals surface area contributed by atoms with Crippen LogP contribution in [-0.4, -0.2) is 24.5 Å². The van der Waals surface area contributed by atoms with Gasteiger partial charge in [-0.1, -0.05) is 13.8 Å². The lowest BCUT2D eigenvalue weighted by molar-refractivity contribution is 0.0277. The molecule has 1 unspecified atom stereocenters. The van der Waals surface area contributed by atoms with E-state index in [1.54, 1.807) is 0 Å². The standard InChI is InChI=1S/C10H19N/c1-8(2)10-7-11-5-3-9(10)4-6-11/h8-10H,3-7H2,1-2H3. The van der Waals surface area contributed by atoms with E-state index in [-0.39, 0.29) is 0 Å². The van der Waals surface area contributed by atoms with Gasteiger partial charge in [-0.25, -0.2) is 0 Å². The van der Waals surface area contributed by atoms with E-state index in [0.717, 1.165) is 17.8 Å². The molecular formula is C10H19N. The van der Waals surface area contributed by atoms with Crippen LogP contribution in [0.2, 0.25) is 0 Å². The van der Waals surface area contributed by atoms with Gasteiger partial charge in [0.2, 0.25) is 0 Å². The summed E-state index contributed by atoms with van der Waals surface area (Å²) in [5.74, 6) is 2.99. The second-order valence-corrected chi connectivity index (χ2v) is 4.55. The molecule has 0 amide bonds. The van der Waals surface area contributed by atoms with E-state index >= 15 is 0 Å². The topological polar surface area (TPSA) is 3.24 Å². The molecule has 11 heavy (non-hydrogen) atoms. The minimum absolute atomic E-state index is 0.906. The molecule has 3 saturated heterocycles. The van der Waals surface area contributed by atoms with Gasteiger partial charge in [-0.15, -0.1) is 0 Å². The first-order valence-electron chi connectivity index (χ1n) is 4.99. The van der Waals surface area contributed by atoms with Gasteiger partial charge in [-0.3, -0.25) is 0 Å². The van der Waals surface area contributed by atoms with Crippen LogP contribution in [0.3, 0.4) is 0 Å². The van der Waals surface area contributed by atoms with Crippen molar-refractivity contribution in [2.75, 3.05) is 19.6 Å². The van der Waals surface area contributed by atoms with Gasteiger partial charge in [0.25, 0.3) is 0 Å². The van der Waals surface area contributed by atoms with E-state index in [2.05, 4.69) is 18.7 Å². The molecule has 0 radical (unpaired) electrons. The molecule has 0 N–H and O–H groups in total. The second-order valence-electron chi connectivity index (χ2n) is 4.55. The highest BCUT2D eigenvalue weighted by atomic mass is 15.1. The van der Waals surface area contributed by atoms with Crippen molar-refractivity contribution >= 4 is 0 Å². The van der Waals surface area contributed by atoms with Crippen molar-refractivity contribution in [3.05, 3.63) is 0 Å². The maximum atomic E-state index is 2.64. The Labute approximate surface area is 69.8 Å². The van der Waals surface area contributed by atoms with Crippen molar-refractivity contribution in [1.29, 1.82) is 0 Å². The molecule has 0 aromatic heterocycles. The number of fused-ring (bicyclic) bond motifs is 3.